The molecule has 0 spiro atoms. The van der Waals surface area contributed by atoms with Crippen molar-refractivity contribution >= 4 is 27.6 Å². The summed E-state index contributed by atoms with van der Waals surface area (Å²) in [7, 11) is 0. The molecule has 2 bridgehead atoms. The largest absolute Gasteiger partial charge is 0.366 e. The molecule has 1 saturated heterocycles. The fourth-order valence-corrected chi connectivity index (χ4v) is 5.15. The fourth-order valence-electron chi connectivity index (χ4n) is 5.15. The zero-order chi connectivity index (χ0) is 21.0. The predicted molar refractivity (Wildman–Crippen MR) is 121 cm³/mol. The lowest BCUT2D eigenvalue weighted by Crippen LogP contribution is -2.19. The normalized spacial score (nSPS) is 21.3. The van der Waals surface area contributed by atoms with Crippen molar-refractivity contribution in [1.82, 2.24) is 14.4 Å². The fraction of sp³-hybridized carbons (Fsp3) is 0.462. The van der Waals surface area contributed by atoms with E-state index in [1.807, 2.05) is 0 Å². The first kappa shape index (κ1) is 18.3. The second-order valence-corrected chi connectivity index (χ2v) is 11.1. The van der Waals surface area contributed by atoms with E-state index in [0.29, 0.717) is 0 Å². The van der Waals surface area contributed by atoms with Gasteiger partial charge in [-0.25, -0.2) is 9.97 Å². The van der Waals surface area contributed by atoms with E-state index in [4.69, 9.17) is 14.7 Å². The van der Waals surface area contributed by atoms with Crippen LogP contribution in [0.3, 0.4) is 0 Å². The molecule has 6 rings (SSSR count). The molecule has 30 heavy (non-hydrogen) atoms. The Morgan fingerprint density at radius 2 is 1.53 bits per heavy atom. The summed E-state index contributed by atoms with van der Waals surface area (Å²) in [5.41, 5.74) is 8.22. The molecule has 2 unspecified atom stereocenters. The van der Waals surface area contributed by atoms with Gasteiger partial charge in [-0.1, -0.05) is 47.6 Å². The van der Waals surface area contributed by atoms with Crippen molar-refractivity contribution in [1.29, 1.82) is 0 Å². The van der Waals surface area contributed by atoms with E-state index in [0.717, 1.165) is 46.2 Å². The molecule has 0 aliphatic carbocycles. The molecule has 4 aromatic rings. The molecule has 154 valence electrons. The summed E-state index contributed by atoms with van der Waals surface area (Å²) in [6.45, 7) is 13.5. The van der Waals surface area contributed by atoms with Gasteiger partial charge in [0, 0.05) is 10.8 Å². The molecule has 2 aliphatic heterocycles. The van der Waals surface area contributed by atoms with Crippen LogP contribution in [0.5, 0.6) is 0 Å². The Balaban J connectivity index is 1.73. The third-order valence-corrected chi connectivity index (χ3v) is 6.79. The number of benzene rings is 2. The van der Waals surface area contributed by atoms with Crippen molar-refractivity contribution in [3.05, 3.63) is 52.8 Å². The Kier molecular flexibility index (Phi) is 3.43. The molecule has 0 saturated carbocycles. The van der Waals surface area contributed by atoms with Gasteiger partial charge in [0.25, 0.3) is 0 Å². The summed E-state index contributed by atoms with van der Waals surface area (Å²) in [6.07, 6.45) is 2.76. The number of ether oxygens (including phenoxy) is 1. The van der Waals surface area contributed by atoms with Gasteiger partial charge in [0.1, 0.15) is 11.5 Å². The van der Waals surface area contributed by atoms with Gasteiger partial charge in [0.05, 0.1) is 28.8 Å². The quantitative estimate of drug-likeness (QED) is 0.337. The van der Waals surface area contributed by atoms with E-state index >= 15 is 0 Å². The first-order valence-corrected chi connectivity index (χ1v) is 11.1. The Labute approximate surface area is 177 Å². The summed E-state index contributed by atoms with van der Waals surface area (Å²) in [5, 5.41) is 1.12. The van der Waals surface area contributed by atoms with Crippen LogP contribution >= 0.6 is 0 Å². The van der Waals surface area contributed by atoms with E-state index in [1.165, 1.54) is 16.7 Å². The highest BCUT2D eigenvalue weighted by molar-refractivity contribution is 5.97. The van der Waals surface area contributed by atoms with Gasteiger partial charge in [-0.3, -0.25) is 4.40 Å². The number of aromatic nitrogens is 3. The van der Waals surface area contributed by atoms with Gasteiger partial charge in [0.15, 0.2) is 0 Å². The molecule has 0 amide bonds. The summed E-state index contributed by atoms with van der Waals surface area (Å²) < 4.78 is 8.45. The summed E-state index contributed by atoms with van der Waals surface area (Å²) in [4.78, 5) is 10.3. The van der Waals surface area contributed by atoms with Gasteiger partial charge in [0.2, 0.25) is 0 Å². The van der Waals surface area contributed by atoms with Crippen LogP contribution < -0.4 is 0 Å². The molecule has 2 aromatic carbocycles. The van der Waals surface area contributed by atoms with Crippen LogP contribution in [0.25, 0.3) is 27.6 Å². The van der Waals surface area contributed by atoms with Crippen molar-refractivity contribution in [3.8, 4) is 0 Å². The summed E-state index contributed by atoms with van der Waals surface area (Å²) in [6, 6.07) is 11.3. The molecule has 4 nitrogen and oxygen atoms in total. The molecule has 4 heterocycles. The Bertz CT molecular complexity index is 1350. The third kappa shape index (κ3) is 2.43. The van der Waals surface area contributed by atoms with Crippen LogP contribution in [0, 0.1) is 0 Å². The minimum atomic E-state index is -0.105. The molecule has 2 atom stereocenters. The standard InChI is InChI=1S/C26H29N3O/c1-25(2,3)14-7-8-15-18(11-14)28-24(26(4,5)6)29-20-13-17-16(12-19(20)27-23(15)29)21-9-10-22(17)30-21/h7-8,11-13,21-22H,9-10H2,1-6H3. The predicted octanol–water partition coefficient (Wildman–Crippen LogP) is 6.54. The highest BCUT2D eigenvalue weighted by Crippen LogP contribution is 2.51. The van der Waals surface area contributed by atoms with Crippen LogP contribution in [0.4, 0.5) is 0 Å². The van der Waals surface area contributed by atoms with E-state index in [9.17, 15) is 0 Å². The maximum absolute atomic E-state index is 6.16. The topological polar surface area (TPSA) is 39.4 Å². The van der Waals surface area contributed by atoms with Crippen molar-refractivity contribution in [3.63, 3.8) is 0 Å². The Hall–Kier alpha value is -2.46. The molecule has 2 aromatic heterocycles. The number of hydrogen-bond acceptors (Lipinski definition) is 3. The van der Waals surface area contributed by atoms with Crippen LogP contribution in [0.2, 0.25) is 0 Å². The van der Waals surface area contributed by atoms with Crippen molar-refractivity contribution in [2.75, 3.05) is 0 Å². The average molecular weight is 400 g/mol. The minimum absolute atomic E-state index is 0.0874. The van der Waals surface area contributed by atoms with E-state index in [-0.39, 0.29) is 23.0 Å². The van der Waals surface area contributed by atoms with Crippen molar-refractivity contribution < 1.29 is 4.74 Å². The second kappa shape index (κ2) is 5.61. The molecular formula is C26H29N3O. The molecule has 4 heteroatoms. The van der Waals surface area contributed by atoms with E-state index in [2.05, 4.69) is 76.3 Å². The zero-order valence-electron chi connectivity index (χ0n) is 18.7. The van der Waals surface area contributed by atoms with Gasteiger partial charge in [-0.15, -0.1) is 0 Å². The smallest absolute Gasteiger partial charge is 0.148 e. The Morgan fingerprint density at radius 1 is 0.833 bits per heavy atom. The molecule has 1 fully saturated rings. The van der Waals surface area contributed by atoms with E-state index < -0.39 is 0 Å². The average Bonchev–Trinajstić information content (AvgIpc) is 3.37. The summed E-state index contributed by atoms with van der Waals surface area (Å²) >= 11 is 0. The second-order valence-electron chi connectivity index (χ2n) is 11.1. The minimum Gasteiger partial charge on any atom is -0.366 e. The van der Waals surface area contributed by atoms with Crippen LogP contribution in [0.15, 0.2) is 30.3 Å². The highest BCUT2D eigenvalue weighted by Gasteiger charge is 2.38. The van der Waals surface area contributed by atoms with Gasteiger partial charge in [-0.2, -0.15) is 0 Å². The maximum Gasteiger partial charge on any atom is 0.148 e. The van der Waals surface area contributed by atoms with Gasteiger partial charge >= 0.3 is 0 Å². The lowest BCUT2D eigenvalue weighted by Gasteiger charge is -2.23. The molecular weight excluding hydrogens is 370 g/mol. The molecule has 0 N–H and O–H groups in total. The lowest BCUT2D eigenvalue weighted by atomic mass is 9.86. The number of hydrogen-bond donors (Lipinski definition) is 0. The van der Waals surface area contributed by atoms with Crippen molar-refractivity contribution in [2.45, 2.75) is 77.4 Å². The maximum atomic E-state index is 6.16. The number of rotatable bonds is 0. The van der Waals surface area contributed by atoms with Crippen LogP contribution in [-0.4, -0.2) is 14.4 Å². The van der Waals surface area contributed by atoms with Gasteiger partial charge in [-0.05, 0) is 59.2 Å². The van der Waals surface area contributed by atoms with Crippen LogP contribution in [-0.2, 0) is 15.6 Å². The van der Waals surface area contributed by atoms with Gasteiger partial charge < -0.3 is 4.74 Å². The van der Waals surface area contributed by atoms with E-state index in [1.54, 1.807) is 0 Å². The van der Waals surface area contributed by atoms with Crippen molar-refractivity contribution in [2.24, 2.45) is 0 Å². The number of nitrogens with zero attached hydrogens (tertiary/aromatic N) is 3. The monoisotopic (exact) mass is 399 g/mol. The highest BCUT2D eigenvalue weighted by atomic mass is 16.5. The lowest BCUT2D eigenvalue weighted by molar-refractivity contribution is 0.0717. The first-order chi connectivity index (χ1) is 14.1. The molecule has 2 aliphatic rings. The SMILES string of the molecule is CC(C)(C)c1ccc2c(c1)nc(C(C)(C)C)n1c3cc4c(cc3nc21)C1CCC4O1. The Morgan fingerprint density at radius 3 is 2.20 bits per heavy atom. The van der Waals surface area contributed by atoms with Crippen LogP contribution in [0.1, 0.15) is 89.1 Å². The number of imidazole rings is 1. The zero-order valence-corrected chi connectivity index (χ0v) is 18.7. The third-order valence-electron chi connectivity index (χ3n) is 6.79. The first-order valence-electron chi connectivity index (χ1n) is 11.1. The molecule has 0 radical (unpaired) electrons. The number of fused-ring (bicyclic) bond motifs is 10. The summed E-state index contributed by atoms with van der Waals surface area (Å²) in [5.74, 6) is 1.06.